The van der Waals surface area contributed by atoms with Crippen molar-refractivity contribution in [3.8, 4) is 5.75 Å². The van der Waals surface area contributed by atoms with Crippen LogP contribution in [0.4, 0.5) is 29.3 Å². The minimum atomic E-state index is -4.88. The Morgan fingerprint density at radius 2 is 1.88 bits per heavy atom. The summed E-state index contributed by atoms with van der Waals surface area (Å²) in [5.41, 5.74) is 1.05. The SMILES string of the molecule is O=C(CCNS(=O)(=O)c1ccc(OC(F)(F)F)cc1)Nc1cccc(N2CCNC2=O)c1. The minimum absolute atomic E-state index is 0.192. The summed E-state index contributed by atoms with van der Waals surface area (Å²) < 4.78 is 66.9. The smallest absolute Gasteiger partial charge is 0.406 e. The summed E-state index contributed by atoms with van der Waals surface area (Å²) >= 11 is 0. The molecule has 0 saturated carbocycles. The average molecular weight is 472 g/mol. The zero-order valence-electron chi connectivity index (χ0n) is 16.5. The first-order chi connectivity index (χ1) is 15.0. The van der Waals surface area contributed by atoms with Gasteiger partial charge in [-0.2, -0.15) is 0 Å². The third-order valence-corrected chi connectivity index (χ3v) is 5.79. The van der Waals surface area contributed by atoms with Crippen molar-refractivity contribution >= 4 is 33.3 Å². The van der Waals surface area contributed by atoms with E-state index in [0.717, 1.165) is 24.3 Å². The fourth-order valence-electron chi connectivity index (χ4n) is 2.90. The van der Waals surface area contributed by atoms with Gasteiger partial charge in [-0.05, 0) is 42.5 Å². The first kappa shape index (κ1) is 23.3. The van der Waals surface area contributed by atoms with Crippen LogP contribution in [-0.2, 0) is 14.8 Å². The predicted molar refractivity (Wildman–Crippen MR) is 109 cm³/mol. The van der Waals surface area contributed by atoms with Crippen molar-refractivity contribution < 1.29 is 35.9 Å². The summed E-state index contributed by atoms with van der Waals surface area (Å²) in [6.07, 6.45) is -5.07. The quantitative estimate of drug-likeness (QED) is 0.546. The summed E-state index contributed by atoms with van der Waals surface area (Å²) in [5.74, 6) is -1.02. The van der Waals surface area contributed by atoms with Gasteiger partial charge in [-0.15, -0.1) is 13.2 Å². The van der Waals surface area contributed by atoms with Gasteiger partial charge in [0.25, 0.3) is 0 Å². The molecule has 3 rings (SSSR count). The Kier molecular flexibility index (Phi) is 6.89. The summed E-state index contributed by atoms with van der Waals surface area (Å²) in [6, 6.07) is 10.1. The van der Waals surface area contributed by atoms with Gasteiger partial charge in [0.1, 0.15) is 5.75 Å². The molecule has 2 aromatic carbocycles. The number of urea groups is 1. The van der Waals surface area contributed by atoms with E-state index in [4.69, 9.17) is 0 Å². The predicted octanol–water partition coefficient (Wildman–Crippen LogP) is 2.42. The van der Waals surface area contributed by atoms with E-state index in [2.05, 4.69) is 20.1 Å². The van der Waals surface area contributed by atoms with Crippen molar-refractivity contribution in [2.75, 3.05) is 29.9 Å². The number of carbonyl (C=O) groups excluding carboxylic acids is 2. The van der Waals surface area contributed by atoms with E-state index in [1.165, 1.54) is 4.90 Å². The van der Waals surface area contributed by atoms with E-state index < -0.39 is 28.0 Å². The van der Waals surface area contributed by atoms with Gasteiger partial charge >= 0.3 is 12.4 Å². The maximum Gasteiger partial charge on any atom is 0.573 e. The van der Waals surface area contributed by atoms with Crippen LogP contribution < -0.4 is 25.0 Å². The Morgan fingerprint density at radius 3 is 2.50 bits per heavy atom. The number of nitrogens with one attached hydrogen (secondary N) is 3. The Bertz CT molecular complexity index is 1090. The van der Waals surface area contributed by atoms with Crippen molar-refractivity contribution in [2.45, 2.75) is 17.7 Å². The molecule has 1 aliphatic rings. The number of hydrogen-bond acceptors (Lipinski definition) is 5. The zero-order chi connectivity index (χ0) is 23.4. The van der Waals surface area contributed by atoms with Gasteiger partial charge in [0.15, 0.2) is 0 Å². The van der Waals surface area contributed by atoms with Crippen molar-refractivity contribution in [3.05, 3.63) is 48.5 Å². The second-order valence-corrected chi connectivity index (χ2v) is 8.42. The largest absolute Gasteiger partial charge is 0.573 e. The fraction of sp³-hybridized carbons (Fsp3) is 0.263. The van der Waals surface area contributed by atoms with Crippen molar-refractivity contribution in [2.24, 2.45) is 0 Å². The van der Waals surface area contributed by atoms with E-state index in [9.17, 15) is 31.2 Å². The molecule has 1 fully saturated rings. The highest BCUT2D eigenvalue weighted by atomic mass is 32.2. The lowest BCUT2D eigenvalue weighted by molar-refractivity contribution is -0.274. The van der Waals surface area contributed by atoms with Crippen LogP contribution in [0.1, 0.15) is 6.42 Å². The summed E-state index contributed by atoms with van der Waals surface area (Å²) in [5, 5.41) is 5.29. The average Bonchev–Trinajstić information content (AvgIpc) is 3.13. The number of hydrogen-bond donors (Lipinski definition) is 3. The van der Waals surface area contributed by atoms with Gasteiger partial charge in [0.2, 0.25) is 15.9 Å². The molecule has 3 amide bonds. The maximum absolute atomic E-state index is 12.2. The lowest BCUT2D eigenvalue weighted by Crippen LogP contribution is -2.28. The molecule has 0 aromatic heterocycles. The Balaban J connectivity index is 1.51. The number of nitrogens with zero attached hydrogens (tertiary/aromatic N) is 1. The van der Waals surface area contributed by atoms with Gasteiger partial charge in [-0.3, -0.25) is 9.69 Å². The van der Waals surface area contributed by atoms with Gasteiger partial charge in [-0.1, -0.05) is 6.07 Å². The van der Waals surface area contributed by atoms with E-state index in [-0.39, 0.29) is 23.9 Å². The monoisotopic (exact) mass is 472 g/mol. The van der Waals surface area contributed by atoms with Gasteiger partial charge in [0.05, 0.1) is 4.90 Å². The van der Waals surface area contributed by atoms with Crippen LogP contribution in [0, 0.1) is 0 Å². The Labute approximate surface area is 181 Å². The number of rotatable bonds is 8. The molecule has 2 aromatic rings. The van der Waals surface area contributed by atoms with Crippen LogP contribution >= 0.6 is 0 Å². The molecule has 0 aliphatic carbocycles. The highest BCUT2D eigenvalue weighted by Gasteiger charge is 2.31. The topological polar surface area (TPSA) is 117 Å². The van der Waals surface area contributed by atoms with Gasteiger partial charge in [0, 0.05) is 37.4 Å². The minimum Gasteiger partial charge on any atom is -0.406 e. The number of carbonyl (C=O) groups is 2. The van der Waals surface area contributed by atoms with Crippen LogP contribution in [0.15, 0.2) is 53.4 Å². The summed E-state index contributed by atoms with van der Waals surface area (Å²) in [6.45, 7) is 0.790. The van der Waals surface area contributed by atoms with Crippen LogP contribution in [0.2, 0.25) is 0 Å². The molecule has 172 valence electrons. The van der Waals surface area contributed by atoms with Crippen molar-refractivity contribution in [1.29, 1.82) is 0 Å². The molecule has 1 heterocycles. The van der Waals surface area contributed by atoms with E-state index in [0.29, 0.717) is 24.5 Å². The highest BCUT2D eigenvalue weighted by molar-refractivity contribution is 7.89. The number of benzene rings is 2. The molecule has 0 radical (unpaired) electrons. The number of anilines is 2. The normalized spacial score (nSPS) is 14.2. The molecule has 0 atom stereocenters. The van der Waals surface area contributed by atoms with Crippen LogP contribution in [0.3, 0.4) is 0 Å². The van der Waals surface area contributed by atoms with Gasteiger partial charge < -0.3 is 15.4 Å². The molecule has 32 heavy (non-hydrogen) atoms. The first-order valence-corrected chi connectivity index (χ1v) is 10.8. The van der Waals surface area contributed by atoms with E-state index in [1.807, 2.05) is 0 Å². The zero-order valence-corrected chi connectivity index (χ0v) is 17.3. The number of alkyl halides is 3. The molecule has 1 aliphatic heterocycles. The molecule has 0 unspecified atom stereocenters. The second-order valence-electron chi connectivity index (χ2n) is 6.65. The van der Waals surface area contributed by atoms with Crippen LogP contribution in [-0.4, -0.2) is 46.4 Å². The molecular formula is C19H19F3N4O5S. The highest BCUT2D eigenvalue weighted by Crippen LogP contribution is 2.24. The molecule has 1 saturated heterocycles. The number of sulfonamides is 1. The van der Waals surface area contributed by atoms with E-state index >= 15 is 0 Å². The Hall–Kier alpha value is -3.32. The fourth-order valence-corrected chi connectivity index (χ4v) is 3.93. The van der Waals surface area contributed by atoms with Crippen molar-refractivity contribution in [1.82, 2.24) is 10.0 Å². The maximum atomic E-state index is 12.2. The number of amides is 3. The van der Waals surface area contributed by atoms with E-state index in [1.54, 1.807) is 24.3 Å². The molecule has 0 bridgehead atoms. The molecule has 0 spiro atoms. The summed E-state index contributed by atoms with van der Waals surface area (Å²) in [7, 11) is -4.03. The second kappa shape index (κ2) is 9.44. The molecule has 3 N–H and O–H groups in total. The third-order valence-electron chi connectivity index (χ3n) is 4.31. The molecule has 13 heteroatoms. The lowest BCUT2D eigenvalue weighted by Gasteiger charge is -2.15. The summed E-state index contributed by atoms with van der Waals surface area (Å²) in [4.78, 5) is 25.1. The number of halogens is 3. The third kappa shape index (κ3) is 6.34. The van der Waals surface area contributed by atoms with Crippen LogP contribution in [0.5, 0.6) is 5.75 Å². The molecule has 9 nitrogen and oxygen atoms in total. The standard InChI is InChI=1S/C19H19F3N4O5S/c20-19(21,22)31-15-4-6-16(7-5-15)32(29,30)24-9-8-17(27)25-13-2-1-3-14(12-13)26-11-10-23-18(26)28/h1-7,12,24H,8-11H2,(H,23,28)(H,25,27). The van der Waals surface area contributed by atoms with Crippen molar-refractivity contribution in [3.63, 3.8) is 0 Å². The van der Waals surface area contributed by atoms with Gasteiger partial charge in [-0.25, -0.2) is 17.9 Å². The lowest BCUT2D eigenvalue weighted by atomic mass is 10.2. The Morgan fingerprint density at radius 1 is 1.16 bits per heavy atom. The molecular weight excluding hydrogens is 453 g/mol. The number of ether oxygens (including phenoxy) is 1. The van der Waals surface area contributed by atoms with Crippen LogP contribution in [0.25, 0.3) is 0 Å². The first-order valence-electron chi connectivity index (χ1n) is 9.34.